The van der Waals surface area contributed by atoms with Gasteiger partial charge >= 0.3 is 0 Å². The van der Waals surface area contributed by atoms with Crippen LogP contribution in [0.5, 0.6) is 5.75 Å². The molecule has 0 radical (unpaired) electrons. The van der Waals surface area contributed by atoms with Crippen molar-refractivity contribution in [2.24, 2.45) is 0 Å². The molecule has 0 aliphatic rings. The van der Waals surface area contributed by atoms with Crippen molar-refractivity contribution in [1.82, 2.24) is 4.98 Å². The summed E-state index contributed by atoms with van der Waals surface area (Å²) >= 11 is 0. The van der Waals surface area contributed by atoms with Gasteiger partial charge in [0.25, 0.3) is 0 Å². The van der Waals surface area contributed by atoms with Crippen LogP contribution in [-0.2, 0) is 16.4 Å². The first kappa shape index (κ1) is 22.9. The van der Waals surface area contributed by atoms with Gasteiger partial charge in [0.15, 0.2) is 9.84 Å². The number of nitrogens with zero attached hydrogens (tertiary/aromatic N) is 1. The SMILES string of the molecule is Cc1cc(COc2ccc(S(=O)(=O)CC(O)c3ccccc3C)cc2)c2cccc(F)c2n1. The van der Waals surface area contributed by atoms with Crippen molar-refractivity contribution >= 4 is 20.7 Å². The molecule has 0 fully saturated rings. The normalized spacial score (nSPS) is 12.6. The lowest BCUT2D eigenvalue weighted by atomic mass is 10.1. The van der Waals surface area contributed by atoms with Crippen LogP contribution in [0, 0.1) is 19.7 Å². The van der Waals surface area contributed by atoms with Gasteiger partial charge in [0.2, 0.25) is 0 Å². The number of fused-ring (bicyclic) bond motifs is 1. The molecule has 1 heterocycles. The lowest BCUT2D eigenvalue weighted by Crippen LogP contribution is -2.15. The number of hydrogen-bond acceptors (Lipinski definition) is 5. The van der Waals surface area contributed by atoms with Crippen LogP contribution in [0.2, 0.25) is 0 Å². The summed E-state index contributed by atoms with van der Waals surface area (Å²) < 4.78 is 45.5. The van der Waals surface area contributed by atoms with Gasteiger partial charge in [0, 0.05) is 16.6 Å². The van der Waals surface area contributed by atoms with Crippen molar-refractivity contribution < 1.29 is 22.7 Å². The fraction of sp³-hybridized carbons (Fsp3) is 0.192. The van der Waals surface area contributed by atoms with E-state index in [9.17, 15) is 17.9 Å². The molecule has 0 bridgehead atoms. The third-order valence-electron chi connectivity index (χ3n) is 5.51. The second-order valence-corrected chi connectivity index (χ2v) is 10.0. The van der Waals surface area contributed by atoms with Crippen LogP contribution >= 0.6 is 0 Å². The molecule has 1 N–H and O–H groups in total. The summed E-state index contributed by atoms with van der Waals surface area (Å²) in [6.07, 6.45) is -1.12. The molecule has 0 saturated carbocycles. The number of aliphatic hydroxyl groups is 1. The van der Waals surface area contributed by atoms with Crippen LogP contribution in [0.3, 0.4) is 0 Å². The average molecular weight is 466 g/mol. The zero-order chi connectivity index (χ0) is 23.6. The molecule has 0 amide bonds. The summed E-state index contributed by atoms with van der Waals surface area (Å²) in [4.78, 5) is 4.37. The van der Waals surface area contributed by atoms with E-state index in [1.54, 1.807) is 43.3 Å². The van der Waals surface area contributed by atoms with Crippen molar-refractivity contribution in [3.05, 3.63) is 101 Å². The summed E-state index contributed by atoms with van der Waals surface area (Å²) in [5, 5.41) is 11.1. The van der Waals surface area contributed by atoms with Crippen molar-refractivity contribution in [2.45, 2.75) is 31.5 Å². The first-order valence-corrected chi connectivity index (χ1v) is 12.1. The zero-order valence-electron chi connectivity index (χ0n) is 18.3. The second-order valence-electron chi connectivity index (χ2n) is 7.97. The molecule has 0 aliphatic heterocycles. The summed E-state index contributed by atoms with van der Waals surface area (Å²) in [6.45, 7) is 3.81. The molecule has 7 heteroatoms. The van der Waals surface area contributed by atoms with Gasteiger partial charge in [0.1, 0.15) is 23.7 Å². The summed E-state index contributed by atoms with van der Waals surface area (Å²) in [5.74, 6) is -0.321. The maximum Gasteiger partial charge on any atom is 0.181 e. The fourth-order valence-corrected chi connectivity index (χ4v) is 5.14. The van der Waals surface area contributed by atoms with Gasteiger partial charge in [-0.2, -0.15) is 0 Å². The summed E-state index contributed by atoms with van der Waals surface area (Å²) in [6, 6.07) is 19.9. The number of aryl methyl sites for hydroxylation is 2. The maximum absolute atomic E-state index is 14.1. The molecule has 4 aromatic rings. The Balaban J connectivity index is 1.48. The van der Waals surface area contributed by atoms with Gasteiger partial charge in [-0.05, 0) is 61.4 Å². The minimum Gasteiger partial charge on any atom is -0.489 e. The lowest BCUT2D eigenvalue weighted by molar-refractivity contribution is 0.201. The van der Waals surface area contributed by atoms with E-state index < -0.39 is 21.7 Å². The largest absolute Gasteiger partial charge is 0.489 e. The molecule has 5 nitrogen and oxygen atoms in total. The van der Waals surface area contributed by atoms with Crippen LogP contribution < -0.4 is 4.74 Å². The molecule has 1 unspecified atom stereocenters. The molecule has 3 aromatic carbocycles. The first-order valence-electron chi connectivity index (χ1n) is 10.5. The molecular weight excluding hydrogens is 441 g/mol. The number of ether oxygens (including phenoxy) is 1. The van der Waals surface area contributed by atoms with Crippen LogP contribution in [0.4, 0.5) is 4.39 Å². The molecule has 170 valence electrons. The number of benzene rings is 3. The van der Waals surface area contributed by atoms with E-state index in [1.165, 1.54) is 18.2 Å². The molecular formula is C26H24FNO4S. The van der Waals surface area contributed by atoms with Crippen molar-refractivity contribution in [3.8, 4) is 5.75 Å². The minimum absolute atomic E-state index is 0.106. The van der Waals surface area contributed by atoms with Gasteiger partial charge in [-0.1, -0.05) is 36.4 Å². The molecule has 0 saturated heterocycles. The second kappa shape index (κ2) is 9.29. The number of rotatable bonds is 7. The Morgan fingerprint density at radius 1 is 1.00 bits per heavy atom. The lowest BCUT2D eigenvalue weighted by Gasteiger charge is -2.14. The Bertz CT molecular complexity index is 1400. The molecule has 1 aromatic heterocycles. The first-order chi connectivity index (χ1) is 15.7. The third-order valence-corrected chi connectivity index (χ3v) is 7.25. The molecule has 33 heavy (non-hydrogen) atoms. The number of hydrogen-bond donors (Lipinski definition) is 1. The van der Waals surface area contributed by atoms with E-state index in [-0.39, 0.29) is 17.3 Å². The van der Waals surface area contributed by atoms with Gasteiger partial charge in [-0.3, -0.25) is 4.98 Å². The highest BCUT2D eigenvalue weighted by molar-refractivity contribution is 7.91. The fourth-order valence-electron chi connectivity index (χ4n) is 3.80. The summed E-state index contributed by atoms with van der Waals surface area (Å²) in [7, 11) is -3.70. The predicted octanol–water partition coefficient (Wildman–Crippen LogP) is 5.08. The van der Waals surface area contributed by atoms with Gasteiger partial charge in [-0.15, -0.1) is 0 Å². The maximum atomic E-state index is 14.1. The van der Waals surface area contributed by atoms with Gasteiger partial charge in [0.05, 0.1) is 16.8 Å². The highest BCUT2D eigenvalue weighted by Crippen LogP contribution is 2.26. The van der Waals surface area contributed by atoms with Crippen LogP contribution in [0.1, 0.15) is 28.5 Å². The van der Waals surface area contributed by atoms with E-state index in [0.717, 1.165) is 11.1 Å². The Hall–Kier alpha value is -3.29. The Labute approximate surface area is 192 Å². The number of pyridine rings is 1. The molecule has 0 aliphatic carbocycles. The number of aromatic nitrogens is 1. The quantitative estimate of drug-likeness (QED) is 0.412. The predicted molar refractivity (Wildman–Crippen MR) is 125 cm³/mol. The van der Waals surface area contributed by atoms with Crippen LogP contribution in [0.15, 0.2) is 77.7 Å². The Morgan fingerprint density at radius 3 is 2.45 bits per heavy atom. The zero-order valence-corrected chi connectivity index (χ0v) is 19.1. The van der Waals surface area contributed by atoms with Crippen molar-refractivity contribution in [1.29, 1.82) is 0 Å². The Morgan fingerprint density at radius 2 is 1.73 bits per heavy atom. The number of para-hydroxylation sites is 1. The molecule has 1 atom stereocenters. The van der Waals surface area contributed by atoms with E-state index in [2.05, 4.69) is 4.98 Å². The van der Waals surface area contributed by atoms with E-state index in [0.29, 0.717) is 27.9 Å². The number of halogens is 1. The minimum atomic E-state index is -3.70. The standard InChI is InChI=1S/C26H24FNO4S/c1-17-6-3-4-7-22(17)25(29)16-33(30,31)21-12-10-20(11-13-21)32-15-19-14-18(2)28-26-23(19)8-5-9-24(26)27/h3-14,25,29H,15-16H2,1-2H3. The smallest absolute Gasteiger partial charge is 0.181 e. The topological polar surface area (TPSA) is 76.5 Å². The highest BCUT2D eigenvalue weighted by Gasteiger charge is 2.22. The number of aliphatic hydroxyl groups excluding tert-OH is 1. The average Bonchev–Trinajstić information content (AvgIpc) is 2.78. The third kappa shape index (κ3) is 5.05. The van der Waals surface area contributed by atoms with Gasteiger partial charge < -0.3 is 9.84 Å². The van der Waals surface area contributed by atoms with E-state index in [4.69, 9.17) is 4.74 Å². The van der Waals surface area contributed by atoms with Crippen LogP contribution in [-0.4, -0.2) is 24.3 Å². The van der Waals surface area contributed by atoms with Crippen molar-refractivity contribution in [2.75, 3.05) is 5.75 Å². The van der Waals surface area contributed by atoms with Crippen molar-refractivity contribution in [3.63, 3.8) is 0 Å². The monoisotopic (exact) mass is 465 g/mol. The van der Waals surface area contributed by atoms with E-state index >= 15 is 0 Å². The highest BCUT2D eigenvalue weighted by atomic mass is 32.2. The van der Waals surface area contributed by atoms with E-state index in [1.807, 2.05) is 25.1 Å². The molecule has 0 spiro atoms. The van der Waals surface area contributed by atoms with Gasteiger partial charge in [-0.25, -0.2) is 12.8 Å². The summed E-state index contributed by atoms with van der Waals surface area (Å²) in [5.41, 5.74) is 3.19. The van der Waals surface area contributed by atoms with Crippen LogP contribution in [0.25, 0.3) is 10.9 Å². The Kier molecular flexibility index (Phi) is 6.44. The molecule has 4 rings (SSSR count). The number of sulfone groups is 1.